The van der Waals surface area contributed by atoms with E-state index in [1.165, 1.54) is 49.8 Å². The van der Waals surface area contributed by atoms with Crippen LogP contribution in [-0.2, 0) is 27.8 Å². The molecule has 2 aromatic carbocycles. The fourth-order valence-electron chi connectivity index (χ4n) is 2.67. The van der Waals surface area contributed by atoms with Gasteiger partial charge in [-0.25, -0.2) is 18.2 Å². The number of esters is 1. The molecule has 0 saturated heterocycles. The standard InChI is InChI=1S/C21H22N2O5S2/c1-4-20-22-16(14-29-20)13-28-21(24)15-6-5-7-19(12-15)30(25,26)23(2)17-8-10-18(27-3)11-9-17/h5-12,14H,4,13H2,1-3H3. The highest BCUT2D eigenvalue weighted by Gasteiger charge is 2.23. The van der Waals surface area contributed by atoms with Gasteiger partial charge in [0, 0.05) is 12.4 Å². The highest BCUT2D eigenvalue weighted by Crippen LogP contribution is 2.25. The van der Waals surface area contributed by atoms with E-state index in [1.54, 1.807) is 24.3 Å². The third kappa shape index (κ3) is 4.80. The van der Waals surface area contributed by atoms with E-state index in [-0.39, 0.29) is 17.1 Å². The third-order valence-electron chi connectivity index (χ3n) is 4.42. The summed E-state index contributed by atoms with van der Waals surface area (Å²) in [6, 6.07) is 12.4. The summed E-state index contributed by atoms with van der Waals surface area (Å²) in [5, 5.41) is 2.81. The van der Waals surface area contributed by atoms with Gasteiger partial charge in [0.05, 0.1) is 34.0 Å². The number of anilines is 1. The molecule has 3 rings (SSSR count). The van der Waals surface area contributed by atoms with Crippen molar-refractivity contribution >= 4 is 33.0 Å². The van der Waals surface area contributed by atoms with E-state index in [1.807, 2.05) is 12.3 Å². The van der Waals surface area contributed by atoms with Crippen LogP contribution >= 0.6 is 11.3 Å². The van der Waals surface area contributed by atoms with E-state index in [4.69, 9.17) is 9.47 Å². The minimum atomic E-state index is -3.86. The number of ether oxygens (including phenoxy) is 2. The van der Waals surface area contributed by atoms with Crippen molar-refractivity contribution in [2.45, 2.75) is 24.8 Å². The molecular formula is C21H22N2O5S2. The van der Waals surface area contributed by atoms with Gasteiger partial charge in [-0.1, -0.05) is 13.0 Å². The summed E-state index contributed by atoms with van der Waals surface area (Å²) in [4.78, 5) is 16.8. The Morgan fingerprint density at radius 2 is 1.90 bits per heavy atom. The van der Waals surface area contributed by atoms with Crippen molar-refractivity contribution in [3.63, 3.8) is 0 Å². The van der Waals surface area contributed by atoms with Crippen LogP contribution in [0.2, 0.25) is 0 Å². The summed E-state index contributed by atoms with van der Waals surface area (Å²) in [6.07, 6.45) is 0.820. The molecule has 0 spiro atoms. The van der Waals surface area contributed by atoms with Gasteiger partial charge >= 0.3 is 5.97 Å². The second-order valence-electron chi connectivity index (χ2n) is 6.36. The van der Waals surface area contributed by atoms with Crippen molar-refractivity contribution in [1.29, 1.82) is 0 Å². The molecule has 30 heavy (non-hydrogen) atoms. The Labute approximate surface area is 180 Å². The van der Waals surface area contributed by atoms with Crippen LogP contribution in [0.4, 0.5) is 5.69 Å². The Bertz CT molecular complexity index is 1120. The van der Waals surface area contributed by atoms with Crippen molar-refractivity contribution in [3.8, 4) is 5.75 Å². The molecule has 0 fully saturated rings. The van der Waals surface area contributed by atoms with E-state index in [2.05, 4.69) is 4.98 Å². The monoisotopic (exact) mass is 446 g/mol. The molecule has 7 nitrogen and oxygen atoms in total. The number of rotatable bonds is 8. The molecule has 0 amide bonds. The smallest absolute Gasteiger partial charge is 0.338 e. The minimum Gasteiger partial charge on any atom is -0.497 e. The molecule has 0 aliphatic heterocycles. The second-order valence-corrected chi connectivity index (χ2v) is 9.27. The number of thiazole rings is 1. The lowest BCUT2D eigenvalue weighted by Crippen LogP contribution is -2.26. The lowest BCUT2D eigenvalue weighted by atomic mass is 10.2. The maximum Gasteiger partial charge on any atom is 0.338 e. The maximum absolute atomic E-state index is 13.0. The average Bonchev–Trinajstić information content (AvgIpc) is 3.25. The van der Waals surface area contributed by atoms with Crippen LogP contribution in [0.1, 0.15) is 28.0 Å². The zero-order valence-electron chi connectivity index (χ0n) is 16.9. The molecule has 0 N–H and O–H groups in total. The van der Waals surface area contributed by atoms with Crippen LogP contribution in [0.15, 0.2) is 58.8 Å². The largest absolute Gasteiger partial charge is 0.497 e. The molecule has 0 aliphatic carbocycles. The van der Waals surface area contributed by atoms with Crippen molar-refractivity contribution < 1.29 is 22.7 Å². The first kappa shape index (κ1) is 21.8. The molecule has 158 valence electrons. The second kappa shape index (κ2) is 9.27. The highest BCUT2D eigenvalue weighted by molar-refractivity contribution is 7.92. The number of sulfonamides is 1. The third-order valence-corrected chi connectivity index (χ3v) is 7.24. The zero-order valence-corrected chi connectivity index (χ0v) is 18.5. The number of benzene rings is 2. The van der Waals surface area contributed by atoms with E-state index >= 15 is 0 Å². The van der Waals surface area contributed by atoms with Crippen LogP contribution in [0.3, 0.4) is 0 Å². The summed E-state index contributed by atoms with van der Waals surface area (Å²) in [5.41, 5.74) is 1.30. The van der Waals surface area contributed by atoms with Crippen molar-refractivity contribution in [1.82, 2.24) is 4.98 Å². The zero-order chi connectivity index (χ0) is 21.7. The Hall–Kier alpha value is -2.91. The maximum atomic E-state index is 13.0. The Kier molecular flexibility index (Phi) is 6.73. The lowest BCUT2D eigenvalue weighted by molar-refractivity contribution is 0.0468. The molecule has 1 aromatic heterocycles. The van der Waals surface area contributed by atoms with Crippen LogP contribution in [0, 0.1) is 0 Å². The van der Waals surface area contributed by atoms with Gasteiger partial charge in [0.15, 0.2) is 0 Å². The Balaban J connectivity index is 1.76. The van der Waals surface area contributed by atoms with Crippen LogP contribution in [0.5, 0.6) is 5.75 Å². The topological polar surface area (TPSA) is 85.8 Å². The Morgan fingerprint density at radius 3 is 2.53 bits per heavy atom. The minimum absolute atomic E-state index is 0.00260. The normalized spacial score (nSPS) is 11.2. The number of methoxy groups -OCH3 is 1. The first-order valence-electron chi connectivity index (χ1n) is 9.18. The first-order valence-corrected chi connectivity index (χ1v) is 11.5. The molecule has 0 atom stereocenters. The number of hydrogen-bond acceptors (Lipinski definition) is 7. The van der Waals surface area contributed by atoms with E-state index < -0.39 is 16.0 Å². The van der Waals surface area contributed by atoms with Gasteiger partial charge in [0.1, 0.15) is 12.4 Å². The molecule has 0 aliphatic rings. The van der Waals surface area contributed by atoms with Gasteiger partial charge < -0.3 is 9.47 Å². The Morgan fingerprint density at radius 1 is 1.17 bits per heavy atom. The van der Waals surface area contributed by atoms with E-state index in [0.29, 0.717) is 17.1 Å². The van der Waals surface area contributed by atoms with Crippen LogP contribution < -0.4 is 9.04 Å². The van der Waals surface area contributed by atoms with Gasteiger partial charge in [-0.05, 0) is 48.9 Å². The number of aryl methyl sites for hydroxylation is 1. The average molecular weight is 447 g/mol. The summed E-state index contributed by atoms with van der Waals surface area (Å²) >= 11 is 1.51. The van der Waals surface area contributed by atoms with Crippen LogP contribution in [-0.4, -0.2) is 33.5 Å². The van der Waals surface area contributed by atoms with Crippen molar-refractivity contribution in [3.05, 3.63) is 70.2 Å². The molecule has 0 saturated carbocycles. The van der Waals surface area contributed by atoms with E-state index in [0.717, 1.165) is 15.7 Å². The molecule has 3 aromatic rings. The predicted molar refractivity (Wildman–Crippen MR) is 116 cm³/mol. The summed E-state index contributed by atoms with van der Waals surface area (Å²) < 4.78 is 37.6. The molecule has 0 unspecified atom stereocenters. The first-order chi connectivity index (χ1) is 14.3. The number of carbonyl (C=O) groups excluding carboxylic acids is 1. The van der Waals surface area contributed by atoms with Gasteiger partial charge in [-0.2, -0.15) is 0 Å². The number of aromatic nitrogens is 1. The number of carbonyl (C=O) groups is 1. The summed E-state index contributed by atoms with van der Waals surface area (Å²) in [5.74, 6) is 0.0191. The fraction of sp³-hybridized carbons (Fsp3) is 0.238. The van der Waals surface area contributed by atoms with Crippen LogP contribution in [0.25, 0.3) is 0 Å². The molecule has 9 heteroatoms. The van der Waals surface area contributed by atoms with Gasteiger partial charge in [0.2, 0.25) is 0 Å². The SMILES string of the molecule is CCc1nc(COC(=O)c2cccc(S(=O)(=O)N(C)c3ccc(OC)cc3)c2)cs1. The van der Waals surface area contributed by atoms with Crippen molar-refractivity contribution in [2.24, 2.45) is 0 Å². The molecule has 1 heterocycles. The number of nitrogens with zero attached hydrogens (tertiary/aromatic N) is 2. The quantitative estimate of drug-likeness (QED) is 0.488. The molecule has 0 bridgehead atoms. The van der Waals surface area contributed by atoms with Crippen molar-refractivity contribution in [2.75, 3.05) is 18.5 Å². The van der Waals surface area contributed by atoms with E-state index in [9.17, 15) is 13.2 Å². The van der Waals surface area contributed by atoms with Gasteiger partial charge in [-0.15, -0.1) is 11.3 Å². The predicted octanol–water partition coefficient (Wildman–Crippen LogP) is 3.90. The van der Waals surface area contributed by atoms with Gasteiger partial charge in [-0.3, -0.25) is 4.31 Å². The molecule has 0 radical (unpaired) electrons. The molecular weight excluding hydrogens is 424 g/mol. The van der Waals surface area contributed by atoms with Gasteiger partial charge in [0.25, 0.3) is 10.0 Å². The highest BCUT2D eigenvalue weighted by atomic mass is 32.2. The number of hydrogen-bond donors (Lipinski definition) is 0. The lowest BCUT2D eigenvalue weighted by Gasteiger charge is -2.20. The fourth-order valence-corrected chi connectivity index (χ4v) is 4.64. The summed E-state index contributed by atoms with van der Waals surface area (Å²) in [7, 11) is -0.868. The summed E-state index contributed by atoms with van der Waals surface area (Å²) in [6.45, 7) is 2.04.